The topological polar surface area (TPSA) is 0 Å². The van der Waals surface area contributed by atoms with Crippen molar-refractivity contribution in [3.05, 3.63) is 78.4 Å². The van der Waals surface area contributed by atoms with Crippen molar-refractivity contribution in [2.75, 3.05) is 0 Å². The van der Waals surface area contributed by atoms with E-state index in [-0.39, 0.29) is 5.56 Å². The highest BCUT2D eigenvalue weighted by Crippen LogP contribution is 2.37. The van der Waals surface area contributed by atoms with Crippen LogP contribution < -0.4 is 0 Å². The third-order valence-corrected chi connectivity index (χ3v) is 5.13. The molecule has 1 aliphatic carbocycles. The first-order chi connectivity index (χ1) is 11.6. The van der Waals surface area contributed by atoms with Gasteiger partial charge in [0.1, 0.15) is 0 Å². The maximum Gasteiger partial charge on any atom is 0.167 e. The molecule has 2 aromatic rings. The first kappa shape index (κ1) is 16.6. The van der Waals surface area contributed by atoms with Crippen LogP contribution >= 0.6 is 0 Å². The number of benzene rings is 2. The van der Waals surface area contributed by atoms with Crippen LogP contribution in [0.3, 0.4) is 0 Å². The molecule has 0 radical (unpaired) electrons. The molecule has 0 nitrogen and oxygen atoms in total. The lowest BCUT2D eigenvalue weighted by molar-refractivity contribution is 0.376. The van der Waals surface area contributed by atoms with Gasteiger partial charge in [-0.25, -0.2) is 8.78 Å². The molecular formula is C22H22F2. The Morgan fingerprint density at radius 1 is 0.833 bits per heavy atom. The molecule has 0 spiro atoms. The SMILES string of the molecule is C=Cc1ccc(-c2ccc(C3CCC(C=C)CC3)cc2)c(F)c1F. The van der Waals surface area contributed by atoms with E-state index in [1.807, 2.05) is 24.3 Å². The predicted molar refractivity (Wildman–Crippen MR) is 96.8 cm³/mol. The van der Waals surface area contributed by atoms with Crippen LogP contribution in [0.4, 0.5) is 8.78 Å². The Hall–Kier alpha value is -2.22. The molecule has 3 rings (SSSR count). The number of hydrogen-bond acceptors (Lipinski definition) is 0. The third-order valence-electron chi connectivity index (χ3n) is 5.13. The third kappa shape index (κ3) is 3.19. The monoisotopic (exact) mass is 324 g/mol. The Morgan fingerprint density at radius 2 is 1.50 bits per heavy atom. The lowest BCUT2D eigenvalue weighted by Crippen LogP contribution is -2.11. The second-order valence-corrected chi connectivity index (χ2v) is 6.50. The summed E-state index contributed by atoms with van der Waals surface area (Å²) in [5.74, 6) is -0.457. The van der Waals surface area contributed by atoms with E-state index in [0.717, 1.165) is 12.8 Å². The lowest BCUT2D eigenvalue weighted by Gasteiger charge is -2.27. The maximum atomic E-state index is 14.2. The van der Waals surface area contributed by atoms with Gasteiger partial charge in [-0.3, -0.25) is 0 Å². The molecule has 2 aromatic carbocycles. The van der Waals surface area contributed by atoms with Gasteiger partial charge in [0, 0.05) is 11.1 Å². The van der Waals surface area contributed by atoms with Gasteiger partial charge in [-0.15, -0.1) is 6.58 Å². The Morgan fingerprint density at radius 3 is 2.08 bits per heavy atom. The summed E-state index contributed by atoms with van der Waals surface area (Å²) in [5.41, 5.74) is 2.46. The van der Waals surface area contributed by atoms with Gasteiger partial charge in [0.25, 0.3) is 0 Å². The average Bonchev–Trinajstić information content (AvgIpc) is 2.64. The first-order valence-electron chi connectivity index (χ1n) is 8.47. The fraction of sp³-hybridized carbons (Fsp3) is 0.273. The van der Waals surface area contributed by atoms with Crippen LogP contribution in [-0.4, -0.2) is 0 Å². The van der Waals surface area contributed by atoms with E-state index in [2.05, 4.69) is 19.2 Å². The Balaban J connectivity index is 1.81. The summed E-state index contributed by atoms with van der Waals surface area (Å²) in [6.07, 6.45) is 8.06. The van der Waals surface area contributed by atoms with Crippen molar-refractivity contribution in [2.24, 2.45) is 5.92 Å². The van der Waals surface area contributed by atoms with Crippen LogP contribution in [0.25, 0.3) is 17.2 Å². The molecule has 1 fully saturated rings. The summed E-state index contributed by atoms with van der Waals surface area (Å²) in [5, 5.41) is 0. The van der Waals surface area contributed by atoms with Gasteiger partial charge in [-0.2, -0.15) is 0 Å². The summed E-state index contributed by atoms with van der Waals surface area (Å²) in [6.45, 7) is 7.38. The largest absolute Gasteiger partial charge is 0.203 e. The molecule has 1 saturated carbocycles. The summed E-state index contributed by atoms with van der Waals surface area (Å²) >= 11 is 0. The van der Waals surface area contributed by atoms with E-state index >= 15 is 0 Å². The Bertz CT molecular complexity index is 735. The van der Waals surface area contributed by atoms with Crippen molar-refractivity contribution >= 4 is 6.08 Å². The van der Waals surface area contributed by atoms with Gasteiger partial charge in [0.05, 0.1) is 0 Å². The van der Waals surface area contributed by atoms with E-state index in [1.54, 1.807) is 12.1 Å². The number of allylic oxidation sites excluding steroid dienone is 1. The molecule has 0 atom stereocenters. The van der Waals surface area contributed by atoms with Gasteiger partial charge in [0.15, 0.2) is 11.6 Å². The van der Waals surface area contributed by atoms with Crippen molar-refractivity contribution in [2.45, 2.75) is 31.6 Å². The standard InChI is InChI=1S/C22H22F2/c1-3-15-5-7-17(8-6-15)18-9-11-19(12-10-18)20-14-13-16(4-2)21(23)22(20)24/h3-4,9-15,17H,1-2,5-8H2. The van der Waals surface area contributed by atoms with Crippen molar-refractivity contribution in [1.82, 2.24) is 0 Å². The molecule has 124 valence electrons. The smallest absolute Gasteiger partial charge is 0.167 e. The van der Waals surface area contributed by atoms with E-state index in [0.29, 0.717) is 23.0 Å². The molecule has 0 amide bonds. The first-order valence-corrected chi connectivity index (χ1v) is 8.47. The lowest BCUT2D eigenvalue weighted by atomic mass is 9.78. The molecule has 0 aliphatic heterocycles. The second kappa shape index (κ2) is 7.12. The zero-order chi connectivity index (χ0) is 17.1. The number of rotatable bonds is 4. The van der Waals surface area contributed by atoms with E-state index < -0.39 is 11.6 Å². The average molecular weight is 324 g/mol. The minimum Gasteiger partial charge on any atom is -0.203 e. The van der Waals surface area contributed by atoms with E-state index in [4.69, 9.17) is 0 Å². The fourth-order valence-electron chi connectivity index (χ4n) is 3.57. The molecule has 2 heteroatoms. The minimum atomic E-state index is -0.839. The molecule has 0 unspecified atom stereocenters. The molecule has 0 saturated heterocycles. The van der Waals surface area contributed by atoms with E-state index in [9.17, 15) is 8.78 Å². The van der Waals surface area contributed by atoms with Crippen LogP contribution in [0, 0.1) is 17.6 Å². The maximum absolute atomic E-state index is 14.2. The highest BCUT2D eigenvalue weighted by atomic mass is 19.2. The van der Waals surface area contributed by atoms with Crippen LogP contribution in [0.1, 0.15) is 42.7 Å². The Kier molecular flexibility index (Phi) is 4.94. The van der Waals surface area contributed by atoms with Gasteiger partial charge in [-0.05, 0) is 48.6 Å². The molecule has 1 aliphatic rings. The van der Waals surface area contributed by atoms with Crippen molar-refractivity contribution < 1.29 is 8.78 Å². The summed E-state index contributed by atoms with van der Waals surface area (Å²) in [7, 11) is 0. The van der Waals surface area contributed by atoms with E-state index in [1.165, 1.54) is 24.5 Å². The minimum absolute atomic E-state index is 0.187. The van der Waals surface area contributed by atoms with Gasteiger partial charge >= 0.3 is 0 Å². The molecule has 24 heavy (non-hydrogen) atoms. The highest BCUT2D eigenvalue weighted by Gasteiger charge is 2.21. The fourth-order valence-corrected chi connectivity index (χ4v) is 3.57. The molecule has 0 heterocycles. The van der Waals surface area contributed by atoms with Crippen LogP contribution in [0.15, 0.2) is 55.6 Å². The zero-order valence-electron chi connectivity index (χ0n) is 13.8. The normalized spacial score (nSPS) is 20.6. The van der Waals surface area contributed by atoms with Crippen LogP contribution in [0.5, 0.6) is 0 Å². The quantitative estimate of drug-likeness (QED) is 0.547. The Labute approximate surface area is 142 Å². The van der Waals surface area contributed by atoms with Crippen LogP contribution in [0.2, 0.25) is 0 Å². The van der Waals surface area contributed by atoms with Crippen LogP contribution in [-0.2, 0) is 0 Å². The summed E-state index contributed by atoms with van der Waals surface area (Å²) < 4.78 is 28.2. The van der Waals surface area contributed by atoms with Gasteiger partial charge in [0.2, 0.25) is 0 Å². The second-order valence-electron chi connectivity index (χ2n) is 6.50. The highest BCUT2D eigenvalue weighted by molar-refractivity contribution is 5.67. The van der Waals surface area contributed by atoms with Gasteiger partial charge < -0.3 is 0 Å². The molecular weight excluding hydrogens is 302 g/mol. The summed E-state index contributed by atoms with van der Waals surface area (Å²) in [6, 6.07) is 11.0. The van der Waals surface area contributed by atoms with Crippen molar-refractivity contribution in [3.8, 4) is 11.1 Å². The van der Waals surface area contributed by atoms with Crippen molar-refractivity contribution in [1.29, 1.82) is 0 Å². The molecule has 0 N–H and O–H groups in total. The molecule has 0 bridgehead atoms. The zero-order valence-corrected chi connectivity index (χ0v) is 13.8. The molecule has 0 aromatic heterocycles. The van der Waals surface area contributed by atoms with Gasteiger partial charge in [-0.1, -0.05) is 55.1 Å². The summed E-state index contributed by atoms with van der Waals surface area (Å²) in [4.78, 5) is 0. The van der Waals surface area contributed by atoms with Crippen molar-refractivity contribution in [3.63, 3.8) is 0 Å². The predicted octanol–water partition coefficient (Wildman–Crippen LogP) is 6.73. The number of hydrogen-bond donors (Lipinski definition) is 0. The number of halogens is 2.